The van der Waals surface area contributed by atoms with Crippen LogP contribution in [0.15, 0.2) is 88.8 Å². The molecule has 0 radical (unpaired) electrons. The van der Waals surface area contributed by atoms with E-state index in [9.17, 15) is 4.79 Å². The quantitative estimate of drug-likeness (QED) is 0.287. The Hall–Kier alpha value is -3.95. The number of hydrogen-bond donors (Lipinski definition) is 0. The molecule has 176 valence electrons. The molecule has 1 amide bonds. The summed E-state index contributed by atoms with van der Waals surface area (Å²) in [6, 6.07) is 25.5. The Morgan fingerprint density at radius 3 is 2.37 bits per heavy atom. The number of ether oxygens (including phenoxy) is 2. The van der Waals surface area contributed by atoms with E-state index in [1.807, 2.05) is 91.9 Å². The fourth-order valence-corrected chi connectivity index (χ4v) is 4.52. The van der Waals surface area contributed by atoms with Gasteiger partial charge in [-0.1, -0.05) is 72.7 Å². The molecule has 0 spiro atoms. The molecule has 35 heavy (non-hydrogen) atoms. The Labute approximate surface area is 210 Å². The highest BCUT2D eigenvalue weighted by Crippen LogP contribution is 2.36. The van der Waals surface area contributed by atoms with Gasteiger partial charge in [-0.25, -0.2) is 0 Å². The molecule has 0 atom stereocenters. The van der Waals surface area contributed by atoms with E-state index < -0.39 is 0 Å². The van der Waals surface area contributed by atoms with Gasteiger partial charge >= 0.3 is 0 Å². The number of nitrogens with zero attached hydrogens (tertiary/aromatic N) is 2. The summed E-state index contributed by atoms with van der Waals surface area (Å²) in [6.45, 7) is 3.51. The molecule has 0 aromatic heterocycles. The molecule has 0 N–H and O–H groups in total. The molecule has 1 fully saturated rings. The standard InChI is InChI=1S/C29H26N2O3S/c1-3-17-34-25-16-15-24(18-26(25)33-4-2)19-27-28(32)31(21-23-13-9-6-10-14-23)29(35-27)30-20-22-11-7-5-8-12-22/h1,5-16,18-19H,4,17,20-21H2,2H3/b27-19+,30-29?. The van der Waals surface area contributed by atoms with Crippen LogP contribution in [0.5, 0.6) is 11.5 Å². The van der Waals surface area contributed by atoms with Crippen LogP contribution in [0.1, 0.15) is 23.6 Å². The lowest BCUT2D eigenvalue weighted by Gasteiger charge is -2.15. The Balaban J connectivity index is 1.62. The van der Waals surface area contributed by atoms with E-state index in [1.54, 1.807) is 4.90 Å². The molecule has 1 saturated heterocycles. The molecule has 1 aliphatic heterocycles. The number of carbonyl (C=O) groups is 1. The first-order valence-corrected chi connectivity index (χ1v) is 12.2. The second-order valence-corrected chi connectivity index (χ2v) is 8.71. The SMILES string of the molecule is C#CCOc1ccc(/C=C2/SC(=NCc3ccccc3)N(Cc3ccccc3)C2=O)cc1OCC. The lowest BCUT2D eigenvalue weighted by molar-refractivity contribution is -0.122. The highest BCUT2D eigenvalue weighted by molar-refractivity contribution is 8.18. The molecule has 0 saturated carbocycles. The van der Waals surface area contributed by atoms with Crippen LogP contribution in [-0.2, 0) is 17.9 Å². The van der Waals surface area contributed by atoms with Crippen molar-refractivity contribution in [3.8, 4) is 23.8 Å². The van der Waals surface area contributed by atoms with E-state index in [0.717, 1.165) is 16.7 Å². The predicted molar refractivity (Wildman–Crippen MR) is 142 cm³/mol. The molecule has 1 heterocycles. The van der Waals surface area contributed by atoms with Gasteiger partial charge in [-0.2, -0.15) is 0 Å². The van der Waals surface area contributed by atoms with Crippen LogP contribution in [0.3, 0.4) is 0 Å². The van der Waals surface area contributed by atoms with Gasteiger partial charge in [0.15, 0.2) is 16.7 Å². The molecule has 1 aliphatic rings. The van der Waals surface area contributed by atoms with Gasteiger partial charge in [0.25, 0.3) is 5.91 Å². The van der Waals surface area contributed by atoms with Crippen LogP contribution in [-0.4, -0.2) is 29.2 Å². The number of aliphatic imine (C=N–C) groups is 1. The zero-order valence-corrected chi connectivity index (χ0v) is 20.3. The maximum absolute atomic E-state index is 13.4. The van der Waals surface area contributed by atoms with Crippen molar-refractivity contribution in [3.05, 3.63) is 100 Å². The molecule has 3 aromatic rings. The Morgan fingerprint density at radius 1 is 0.971 bits per heavy atom. The summed E-state index contributed by atoms with van der Waals surface area (Å²) >= 11 is 1.39. The van der Waals surface area contributed by atoms with Gasteiger partial charge in [0.05, 0.1) is 24.6 Å². The number of amides is 1. The summed E-state index contributed by atoms with van der Waals surface area (Å²) < 4.78 is 11.3. The van der Waals surface area contributed by atoms with Crippen LogP contribution in [0, 0.1) is 12.3 Å². The first-order valence-electron chi connectivity index (χ1n) is 11.3. The first-order chi connectivity index (χ1) is 17.2. The second-order valence-electron chi connectivity index (χ2n) is 7.70. The summed E-state index contributed by atoms with van der Waals surface area (Å²) in [5.41, 5.74) is 2.97. The predicted octanol–water partition coefficient (Wildman–Crippen LogP) is 5.77. The molecule has 0 bridgehead atoms. The Kier molecular flexibility index (Phi) is 8.26. The van der Waals surface area contributed by atoms with Crippen molar-refractivity contribution in [1.29, 1.82) is 0 Å². The Morgan fingerprint density at radius 2 is 1.69 bits per heavy atom. The van der Waals surface area contributed by atoms with Crippen molar-refractivity contribution in [1.82, 2.24) is 4.90 Å². The number of thioether (sulfide) groups is 1. The highest BCUT2D eigenvalue weighted by Gasteiger charge is 2.33. The van der Waals surface area contributed by atoms with Gasteiger partial charge in [-0.3, -0.25) is 14.7 Å². The normalized spacial score (nSPS) is 15.4. The van der Waals surface area contributed by atoms with Crippen molar-refractivity contribution in [2.24, 2.45) is 4.99 Å². The molecule has 0 aliphatic carbocycles. The largest absolute Gasteiger partial charge is 0.490 e. The van der Waals surface area contributed by atoms with Crippen LogP contribution >= 0.6 is 11.8 Å². The van der Waals surface area contributed by atoms with Crippen molar-refractivity contribution >= 4 is 28.9 Å². The van der Waals surface area contributed by atoms with E-state index in [4.69, 9.17) is 20.9 Å². The third kappa shape index (κ3) is 6.34. The van der Waals surface area contributed by atoms with Gasteiger partial charge in [0, 0.05) is 0 Å². The van der Waals surface area contributed by atoms with E-state index in [2.05, 4.69) is 5.92 Å². The van der Waals surface area contributed by atoms with Crippen molar-refractivity contribution < 1.29 is 14.3 Å². The van der Waals surface area contributed by atoms with Crippen LogP contribution in [0.4, 0.5) is 0 Å². The van der Waals surface area contributed by atoms with Crippen molar-refractivity contribution in [2.45, 2.75) is 20.0 Å². The van der Waals surface area contributed by atoms with E-state index >= 15 is 0 Å². The van der Waals surface area contributed by atoms with E-state index in [0.29, 0.717) is 41.3 Å². The molecular weight excluding hydrogens is 456 g/mol. The number of terminal acetylenes is 1. The third-order valence-electron chi connectivity index (χ3n) is 5.19. The van der Waals surface area contributed by atoms with Gasteiger partial charge in [0.2, 0.25) is 0 Å². The van der Waals surface area contributed by atoms with E-state index in [1.165, 1.54) is 11.8 Å². The fraction of sp³-hybridized carbons (Fsp3) is 0.172. The summed E-state index contributed by atoms with van der Waals surface area (Å²) in [5, 5.41) is 0.688. The molecule has 6 heteroatoms. The zero-order chi connectivity index (χ0) is 24.5. The number of carbonyl (C=O) groups excluding carboxylic acids is 1. The van der Waals surface area contributed by atoms with Crippen molar-refractivity contribution in [3.63, 3.8) is 0 Å². The monoisotopic (exact) mass is 482 g/mol. The fourth-order valence-electron chi connectivity index (χ4n) is 3.55. The topological polar surface area (TPSA) is 51.1 Å². The number of rotatable bonds is 9. The maximum Gasteiger partial charge on any atom is 0.267 e. The lowest BCUT2D eigenvalue weighted by Crippen LogP contribution is -2.28. The third-order valence-corrected chi connectivity index (χ3v) is 6.23. The lowest BCUT2D eigenvalue weighted by atomic mass is 10.1. The van der Waals surface area contributed by atoms with E-state index in [-0.39, 0.29) is 12.5 Å². The average molecular weight is 483 g/mol. The number of hydrogen-bond acceptors (Lipinski definition) is 5. The highest BCUT2D eigenvalue weighted by atomic mass is 32.2. The smallest absolute Gasteiger partial charge is 0.267 e. The molecular formula is C29H26N2O3S. The minimum atomic E-state index is -0.0729. The average Bonchev–Trinajstić information content (AvgIpc) is 3.17. The number of benzene rings is 3. The number of amidine groups is 1. The van der Waals surface area contributed by atoms with Crippen LogP contribution < -0.4 is 9.47 Å². The van der Waals surface area contributed by atoms with Gasteiger partial charge in [-0.05, 0) is 53.6 Å². The summed E-state index contributed by atoms with van der Waals surface area (Å²) in [5.74, 6) is 3.56. The zero-order valence-electron chi connectivity index (χ0n) is 19.5. The second kappa shape index (κ2) is 12.0. The summed E-state index contributed by atoms with van der Waals surface area (Å²) in [6.07, 6.45) is 7.18. The minimum absolute atomic E-state index is 0.0729. The first kappa shape index (κ1) is 24.2. The van der Waals surface area contributed by atoms with Crippen LogP contribution in [0.2, 0.25) is 0 Å². The molecule has 5 nitrogen and oxygen atoms in total. The summed E-state index contributed by atoms with van der Waals surface area (Å²) in [7, 11) is 0. The summed E-state index contributed by atoms with van der Waals surface area (Å²) in [4.78, 5) is 20.6. The minimum Gasteiger partial charge on any atom is -0.490 e. The molecule has 4 rings (SSSR count). The van der Waals surface area contributed by atoms with Gasteiger partial charge in [-0.15, -0.1) is 6.42 Å². The van der Waals surface area contributed by atoms with Gasteiger partial charge < -0.3 is 9.47 Å². The Bertz CT molecular complexity index is 1260. The maximum atomic E-state index is 13.4. The van der Waals surface area contributed by atoms with Crippen LogP contribution in [0.25, 0.3) is 6.08 Å². The molecule has 3 aromatic carbocycles. The van der Waals surface area contributed by atoms with Crippen molar-refractivity contribution in [2.75, 3.05) is 13.2 Å². The molecule has 0 unspecified atom stereocenters. The van der Waals surface area contributed by atoms with Gasteiger partial charge in [0.1, 0.15) is 6.61 Å².